The second kappa shape index (κ2) is 8.12. The lowest BCUT2D eigenvalue weighted by molar-refractivity contribution is 0.400. The Labute approximate surface area is 117 Å². The molecule has 0 bridgehead atoms. The predicted octanol–water partition coefficient (Wildman–Crippen LogP) is 2.14. The first-order valence-electron chi connectivity index (χ1n) is 7.11. The van der Waals surface area contributed by atoms with E-state index >= 15 is 0 Å². The van der Waals surface area contributed by atoms with Crippen LogP contribution in [0.15, 0.2) is 18.3 Å². The van der Waals surface area contributed by atoms with Crippen molar-refractivity contribution in [2.45, 2.75) is 26.3 Å². The third-order valence-corrected chi connectivity index (χ3v) is 3.43. The van der Waals surface area contributed by atoms with Gasteiger partial charge >= 0.3 is 0 Å². The lowest BCUT2D eigenvalue weighted by Crippen LogP contribution is -2.27. The molecule has 1 N–H and O–H groups in total. The van der Waals surface area contributed by atoms with Crippen LogP contribution in [0.1, 0.15) is 32.0 Å². The quantitative estimate of drug-likeness (QED) is 0.779. The minimum absolute atomic E-state index is 0.304. The standard InChI is InChI=1S/C15H28N4/c1-6-19(11-7-10-18(4)5)14-8-9-15(17-12-14)13(2)16-3/h8-9,12-13,16H,6-7,10-11H2,1-5H3. The predicted molar refractivity (Wildman–Crippen MR) is 82.8 cm³/mol. The molecule has 0 spiro atoms. The lowest BCUT2D eigenvalue weighted by atomic mass is 10.2. The highest BCUT2D eigenvalue weighted by molar-refractivity contribution is 5.44. The van der Waals surface area contributed by atoms with Crippen molar-refractivity contribution in [3.8, 4) is 0 Å². The smallest absolute Gasteiger partial charge is 0.0571 e. The van der Waals surface area contributed by atoms with Crippen molar-refractivity contribution < 1.29 is 0 Å². The summed E-state index contributed by atoms with van der Waals surface area (Å²) < 4.78 is 0. The molecule has 1 heterocycles. The summed E-state index contributed by atoms with van der Waals surface area (Å²) in [5, 5.41) is 3.21. The molecule has 0 saturated heterocycles. The van der Waals surface area contributed by atoms with Crippen LogP contribution in [-0.4, -0.2) is 50.7 Å². The minimum atomic E-state index is 0.304. The number of aromatic nitrogens is 1. The van der Waals surface area contributed by atoms with Crippen LogP contribution in [0.3, 0.4) is 0 Å². The first-order chi connectivity index (χ1) is 9.08. The fourth-order valence-electron chi connectivity index (χ4n) is 2.04. The zero-order chi connectivity index (χ0) is 14.3. The lowest BCUT2D eigenvalue weighted by Gasteiger charge is -2.24. The summed E-state index contributed by atoms with van der Waals surface area (Å²) in [5.41, 5.74) is 2.31. The summed E-state index contributed by atoms with van der Waals surface area (Å²) in [4.78, 5) is 9.15. The highest BCUT2D eigenvalue weighted by Crippen LogP contribution is 2.16. The Morgan fingerprint density at radius 3 is 2.47 bits per heavy atom. The van der Waals surface area contributed by atoms with Crippen LogP contribution in [0.25, 0.3) is 0 Å². The minimum Gasteiger partial charge on any atom is -0.371 e. The van der Waals surface area contributed by atoms with Crippen LogP contribution in [0.2, 0.25) is 0 Å². The molecule has 0 aliphatic carbocycles. The number of nitrogens with one attached hydrogen (secondary N) is 1. The molecule has 4 heteroatoms. The molecule has 0 fully saturated rings. The first-order valence-corrected chi connectivity index (χ1v) is 7.11. The molecule has 0 saturated carbocycles. The molecule has 4 nitrogen and oxygen atoms in total. The van der Waals surface area contributed by atoms with Crippen molar-refractivity contribution in [2.75, 3.05) is 45.7 Å². The zero-order valence-corrected chi connectivity index (χ0v) is 13.0. The second-order valence-corrected chi connectivity index (χ2v) is 5.19. The first kappa shape index (κ1) is 15.9. The molecule has 1 aromatic heterocycles. The molecule has 0 radical (unpaired) electrons. The Bertz CT molecular complexity index is 348. The Kier molecular flexibility index (Phi) is 6.81. The van der Waals surface area contributed by atoms with Crippen LogP contribution in [-0.2, 0) is 0 Å². The highest BCUT2D eigenvalue weighted by atomic mass is 15.1. The molecule has 0 amide bonds. The van der Waals surface area contributed by atoms with Gasteiger partial charge in [0, 0.05) is 19.1 Å². The van der Waals surface area contributed by atoms with E-state index in [0.29, 0.717) is 6.04 Å². The summed E-state index contributed by atoms with van der Waals surface area (Å²) in [7, 11) is 6.19. The second-order valence-electron chi connectivity index (χ2n) is 5.19. The van der Waals surface area contributed by atoms with Gasteiger partial charge in [-0.2, -0.15) is 0 Å². The van der Waals surface area contributed by atoms with Crippen LogP contribution in [0, 0.1) is 0 Å². The van der Waals surface area contributed by atoms with E-state index in [1.54, 1.807) is 0 Å². The molecule has 19 heavy (non-hydrogen) atoms. The Hall–Kier alpha value is -1.13. The van der Waals surface area contributed by atoms with Crippen LogP contribution in [0.5, 0.6) is 0 Å². The van der Waals surface area contributed by atoms with Gasteiger partial charge in [0.15, 0.2) is 0 Å². The molecule has 0 aliphatic heterocycles. The van der Waals surface area contributed by atoms with E-state index in [1.165, 1.54) is 12.1 Å². The monoisotopic (exact) mass is 264 g/mol. The Morgan fingerprint density at radius 2 is 2.00 bits per heavy atom. The summed E-state index contributed by atoms with van der Waals surface area (Å²) >= 11 is 0. The van der Waals surface area contributed by atoms with Gasteiger partial charge in [0.25, 0.3) is 0 Å². The average molecular weight is 264 g/mol. The summed E-state index contributed by atoms with van der Waals surface area (Å²) in [6, 6.07) is 4.60. The molecule has 1 unspecified atom stereocenters. The van der Waals surface area contributed by atoms with E-state index in [-0.39, 0.29) is 0 Å². The van der Waals surface area contributed by atoms with E-state index in [1.807, 2.05) is 13.2 Å². The molecule has 0 aliphatic rings. The normalized spacial score (nSPS) is 12.7. The maximum atomic E-state index is 4.55. The van der Waals surface area contributed by atoms with Crippen molar-refractivity contribution in [1.29, 1.82) is 0 Å². The number of hydrogen-bond acceptors (Lipinski definition) is 4. The fraction of sp³-hybridized carbons (Fsp3) is 0.667. The molecule has 0 aromatic carbocycles. The molecular formula is C15H28N4. The zero-order valence-electron chi connectivity index (χ0n) is 13.0. The van der Waals surface area contributed by atoms with Gasteiger partial charge in [-0.25, -0.2) is 0 Å². The fourth-order valence-corrected chi connectivity index (χ4v) is 2.04. The van der Waals surface area contributed by atoms with Crippen molar-refractivity contribution >= 4 is 5.69 Å². The van der Waals surface area contributed by atoms with Gasteiger partial charge in [-0.15, -0.1) is 0 Å². The van der Waals surface area contributed by atoms with Crippen molar-refractivity contribution in [3.63, 3.8) is 0 Å². The van der Waals surface area contributed by atoms with Crippen LogP contribution < -0.4 is 10.2 Å². The number of rotatable bonds is 8. The number of hydrogen-bond donors (Lipinski definition) is 1. The highest BCUT2D eigenvalue weighted by Gasteiger charge is 2.07. The average Bonchev–Trinajstić information content (AvgIpc) is 2.43. The van der Waals surface area contributed by atoms with E-state index in [0.717, 1.165) is 25.3 Å². The van der Waals surface area contributed by atoms with Crippen molar-refractivity contribution in [1.82, 2.24) is 15.2 Å². The van der Waals surface area contributed by atoms with Gasteiger partial charge in [0.2, 0.25) is 0 Å². The van der Waals surface area contributed by atoms with Gasteiger partial charge in [0.1, 0.15) is 0 Å². The van der Waals surface area contributed by atoms with Crippen molar-refractivity contribution in [2.24, 2.45) is 0 Å². The van der Waals surface area contributed by atoms with E-state index in [9.17, 15) is 0 Å². The van der Waals surface area contributed by atoms with Crippen LogP contribution in [0.4, 0.5) is 5.69 Å². The van der Waals surface area contributed by atoms with Crippen molar-refractivity contribution in [3.05, 3.63) is 24.0 Å². The largest absolute Gasteiger partial charge is 0.371 e. The summed E-state index contributed by atoms with van der Waals surface area (Å²) in [5.74, 6) is 0. The Morgan fingerprint density at radius 1 is 1.26 bits per heavy atom. The number of anilines is 1. The van der Waals surface area contributed by atoms with Gasteiger partial charge in [0.05, 0.1) is 17.6 Å². The molecular weight excluding hydrogens is 236 g/mol. The SMILES string of the molecule is CCN(CCCN(C)C)c1ccc(C(C)NC)nc1. The van der Waals surface area contributed by atoms with E-state index in [2.05, 4.69) is 60.2 Å². The summed E-state index contributed by atoms with van der Waals surface area (Å²) in [6.07, 6.45) is 3.16. The number of nitrogens with zero attached hydrogens (tertiary/aromatic N) is 3. The van der Waals surface area contributed by atoms with Crippen LogP contribution >= 0.6 is 0 Å². The molecule has 1 rings (SSSR count). The third kappa shape index (κ3) is 5.17. The third-order valence-electron chi connectivity index (χ3n) is 3.43. The summed E-state index contributed by atoms with van der Waals surface area (Å²) in [6.45, 7) is 7.54. The van der Waals surface area contributed by atoms with E-state index in [4.69, 9.17) is 0 Å². The topological polar surface area (TPSA) is 31.4 Å². The molecule has 108 valence electrons. The van der Waals surface area contributed by atoms with Gasteiger partial charge in [-0.1, -0.05) is 0 Å². The number of pyridine rings is 1. The maximum absolute atomic E-state index is 4.55. The maximum Gasteiger partial charge on any atom is 0.0571 e. The van der Waals surface area contributed by atoms with Gasteiger partial charge in [-0.05, 0) is 60.1 Å². The molecule has 1 aromatic rings. The molecule has 1 atom stereocenters. The van der Waals surface area contributed by atoms with Gasteiger partial charge in [-0.3, -0.25) is 4.98 Å². The van der Waals surface area contributed by atoms with E-state index < -0.39 is 0 Å². The van der Waals surface area contributed by atoms with Gasteiger partial charge < -0.3 is 15.1 Å². The Balaban J connectivity index is 2.60.